The molecule has 0 aliphatic carbocycles. The molecule has 1 aromatic carbocycles. The zero-order chi connectivity index (χ0) is 15.0. The van der Waals surface area contributed by atoms with Gasteiger partial charge in [-0.15, -0.1) is 0 Å². The van der Waals surface area contributed by atoms with Crippen LogP contribution in [0.25, 0.3) is 11.0 Å². The second kappa shape index (κ2) is 4.90. The number of hydrogen-bond donors (Lipinski definition) is 2. The quantitative estimate of drug-likeness (QED) is 0.769. The predicted molar refractivity (Wildman–Crippen MR) is 77.6 cm³/mol. The number of aromatic nitrogens is 3. The topological polar surface area (TPSA) is 88.0 Å². The van der Waals surface area contributed by atoms with E-state index in [4.69, 9.17) is 0 Å². The average Bonchev–Trinajstić information content (AvgIpc) is 2.82. The molecule has 0 aliphatic rings. The third-order valence-electron chi connectivity index (χ3n) is 3.54. The first-order valence-electron chi connectivity index (χ1n) is 6.46. The number of aromatic carboxylic acids is 1. The van der Waals surface area contributed by atoms with Crippen LogP contribution in [0.3, 0.4) is 0 Å². The molecule has 3 rings (SSSR count). The van der Waals surface area contributed by atoms with Gasteiger partial charge in [0.2, 0.25) is 0 Å². The van der Waals surface area contributed by atoms with Crippen LogP contribution in [0.1, 0.15) is 28.9 Å². The predicted octanol–water partition coefficient (Wildman–Crippen LogP) is 2.03. The van der Waals surface area contributed by atoms with Crippen molar-refractivity contribution in [3.05, 3.63) is 64.3 Å². The molecule has 0 spiro atoms. The molecule has 21 heavy (non-hydrogen) atoms. The Labute approximate surface area is 119 Å². The third-order valence-corrected chi connectivity index (χ3v) is 3.54. The highest BCUT2D eigenvalue weighted by atomic mass is 16.4. The van der Waals surface area contributed by atoms with Gasteiger partial charge in [-0.05, 0) is 30.7 Å². The maximum atomic E-state index is 12.2. The molecule has 2 heterocycles. The molecule has 0 saturated carbocycles. The summed E-state index contributed by atoms with van der Waals surface area (Å²) in [5.74, 6) is -1.07. The lowest BCUT2D eigenvalue weighted by Crippen LogP contribution is -2.21. The van der Waals surface area contributed by atoms with Crippen molar-refractivity contribution >= 4 is 17.0 Å². The standard InChI is InChI=1S/C15H13N3O3/c1-9(10-4-3-7-16-8-10)18-12-6-2-5-11(14(19)20)13(12)17-15(18)21/h2-9H,1H3,(H,17,21)(H,19,20). The molecule has 1 unspecified atom stereocenters. The van der Waals surface area contributed by atoms with E-state index in [-0.39, 0.29) is 17.3 Å². The van der Waals surface area contributed by atoms with E-state index < -0.39 is 5.97 Å². The van der Waals surface area contributed by atoms with Crippen molar-refractivity contribution in [3.63, 3.8) is 0 Å². The van der Waals surface area contributed by atoms with Crippen molar-refractivity contribution in [1.29, 1.82) is 0 Å². The van der Waals surface area contributed by atoms with Crippen molar-refractivity contribution in [2.24, 2.45) is 0 Å². The number of aromatic amines is 1. The number of para-hydroxylation sites is 1. The largest absolute Gasteiger partial charge is 0.478 e. The molecule has 2 N–H and O–H groups in total. The van der Waals surface area contributed by atoms with E-state index >= 15 is 0 Å². The minimum absolute atomic E-state index is 0.0849. The number of H-pyrrole nitrogens is 1. The number of nitrogens with one attached hydrogen (secondary N) is 1. The Bertz CT molecular complexity index is 865. The van der Waals surface area contributed by atoms with E-state index in [0.29, 0.717) is 11.0 Å². The number of pyridine rings is 1. The summed E-state index contributed by atoms with van der Waals surface area (Å²) in [6.45, 7) is 1.87. The van der Waals surface area contributed by atoms with Crippen LogP contribution in [0.4, 0.5) is 0 Å². The van der Waals surface area contributed by atoms with Crippen LogP contribution < -0.4 is 5.69 Å². The van der Waals surface area contributed by atoms with Gasteiger partial charge in [-0.3, -0.25) is 9.55 Å². The van der Waals surface area contributed by atoms with E-state index in [0.717, 1.165) is 5.56 Å². The van der Waals surface area contributed by atoms with Crippen molar-refractivity contribution in [2.45, 2.75) is 13.0 Å². The van der Waals surface area contributed by atoms with Crippen molar-refractivity contribution in [1.82, 2.24) is 14.5 Å². The summed E-state index contributed by atoms with van der Waals surface area (Å²) < 4.78 is 1.54. The third kappa shape index (κ3) is 2.10. The normalized spacial score (nSPS) is 12.4. The Balaban J connectivity index is 2.25. The number of carboxylic acids is 1. The zero-order valence-electron chi connectivity index (χ0n) is 11.3. The SMILES string of the molecule is CC(c1cccnc1)n1c(=O)[nH]c2c(C(=O)O)cccc21. The van der Waals surface area contributed by atoms with Gasteiger partial charge < -0.3 is 10.1 Å². The summed E-state index contributed by atoms with van der Waals surface area (Å²) in [4.78, 5) is 30.1. The van der Waals surface area contributed by atoms with Gasteiger partial charge in [0.15, 0.2) is 0 Å². The lowest BCUT2D eigenvalue weighted by Gasteiger charge is -2.13. The van der Waals surface area contributed by atoms with Crippen LogP contribution in [0, 0.1) is 0 Å². The van der Waals surface area contributed by atoms with Crippen molar-refractivity contribution in [2.75, 3.05) is 0 Å². The van der Waals surface area contributed by atoms with Gasteiger partial charge in [0.05, 0.1) is 22.6 Å². The van der Waals surface area contributed by atoms with Gasteiger partial charge in [0.1, 0.15) is 0 Å². The summed E-state index contributed by atoms with van der Waals surface area (Å²) in [5.41, 5.74) is 1.53. The van der Waals surface area contributed by atoms with Gasteiger partial charge in [-0.25, -0.2) is 9.59 Å². The molecular weight excluding hydrogens is 270 g/mol. The monoisotopic (exact) mass is 283 g/mol. The highest BCUT2D eigenvalue weighted by molar-refractivity contribution is 6.00. The van der Waals surface area contributed by atoms with Gasteiger partial charge in [-0.2, -0.15) is 0 Å². The molecule has 0 fully saturated rings. The van der Waals surface area contributed by atoms with Crippen LogP contribution in [-0.4, -0.2) is 25.6 Å². The molecule has 2 aromatic heterocycles. The van der Waals surface area contributed by atoms with E-state index in [2.05, 4.69) is 9.97 Å². The molecule has 0 aliphatic heterocycles. The fraction of sp³-hybridized carbons (Fsp3) is 0.133. The average molecular weight is 283 g/mol. The molecule has 106 valence electrons. The fourth-order valence-electron chi connectivity index (χ4n) is 2.48. The Morgan fingerprint density at radius 1 is 1.33 bits per heavy atom. The van der Waals surface area contributed by atoms with Crippen molar-refractivity contribution in [3.8, 4) is 0 Å². The smallest absolute Gasteiger partial charge is 0.337 e. The van der Waals surface area contributed by atoms with Crippen LogP contribution in [0.2, 0.25) is 0 Å². The van der Waals surface area contributed by atoms with E-state index in [1.165, 1.54) is 6.07 Å². The van der Waals surface area contributed by atoms with Crippen LogP contribution in [0.15, 0.2) is 47.5 Å². The first kappa shape index (κ1) is 13.1. The number of imidazole rings is 1. The number of nitrogens with zero attached hydrogens (tertiary/aromatic N) is 2. The molecule has 0 saturated heterocycles. The van der Waals surface area contributed by atoms with E-state index in [1.807, 2.05) is 13.0 Å². The lowest BCUT2D eigenvalue weighted by atomic mass is 10.1. The second-order valence-electron chi connectivity index (χ2n) is 4.77. The highest BCUT2D eigenvalue weighted by Crippen LogP contribution is 2.22. The Hall–Kier alpha value is -2.89. The summed E-state index contributed by atoms with van der Waals surface area (Å²) >= 11 is 0. The van der Waals surface area contributed by atoms with Gasteiger partial charge in [-0.1, -0.05) is 12.1 Å². The number of carboxylic acid groups (broad SMARTS) is 1. The molecular formula is C15H13N3O3. The highest BCUT2D eigenvalue weighted by Gasteiger charge is 2.18. The number of benzene rings is 1. The molecule has 0 amide bonds. The maximum absolute atomic E-state index is 12.2. The summed E-state index contributed by atoms with van der Waals surface area (Å²) in [7, 11) is 0. The zero-order valence-corrected chi connectivity index (χ0v) is 11.3. The van der Waals surface area contributed by atoms with Gasteiger partial charge in [0.25, 0.3) is 0 Å². The molecule has 6 heteroatoms. The summed E-state index contributed by atoms with van der Waals surface area (Å²) in [6, 6.07) is 8.26. The number of hydrogen-bond acceptors (Lipinski definition) is 3. The Morgan fingerprint density at radius 3 is 2.81 bits per heavy atom. The van der Waals surface area contributed by atoms with E-state index in [9.17, 15) is 14.7 Å². The van der Waals surface area contributed by atoms with Crippen LogP contribution in [-0.2, 0) is 0 Å². The van der Waals surface area contributed by atoms with Crippen LogP contribution in [0.5, 0.6) is 0 Å². The molecule has 0 radical (unpaired) electrons. The molecule has 3 aromatic rings. The molecule has 6 nitrogen and oxygen atoms in total. The van der Waals surface area contributed by atoms with Crippen molar-refractivity contribution < 1.29 is 9.90 Å². The number of fused-ring (bicyclic) bond motifs is 1. The Kier molecular flexibility index (Phi) is 3.06. The first-order valence-corrected chi connectivity index (χ1v) is 6.46. The van der Waals surface area contributed by atoms with Gasteiger partial charge >= 0.3 is 11.7 Å². The minimum Gasteiger partial charge on any atom is -0.478 e. The first-order chi connectivity index (χ1) is 10.1. The van der Waals surface area contributed by atoms with Gasteiger partial charge in [0, 0.05) is 12.4 Å². The fourth-order valence-corrected chi connectivity index (χ4v) is 2.48. The number of carbonyl (C=O) groups is 1. The maximum Gasteiger partial charge on any atom is 0.337 e. The van der Waals surface area contributed by atoms with Crippen LogP contribution >= 0.6 is 0 Å². The van der Waals surface area contributed by atoms with E-state index in [1.54, 1.807) is 35.2 Å². The lowest BCUT2D eigenvalue weighted by molar-refractivity contribution is 0.0699. The minimum atomic E-state index is -1.07. The Morgan fingerprint density at radius 2 is 2.14 bits per heavy atom. The molecule has 0 bridgehead atoms. The number of rotatable bonds is 3. The summed E-state index contributed by atoms with van der Waals surface area (Å²) in [6.07, 6.45) is 3.35. The second-order valence-corrected chi connectivity index (χ2v) is 4.77. The molecule has 1 atom stereocenters. The summed E-state index contributed by atoms with van der Waals surface area (Å²) in [5, 5.41) is 9.20.